The van der Waals surface area contributed by atoms with Gasteiger partial charge in [-0.2, -0.15) is 0 Å². The Kier molecular flexibility index (Phi) is 4.65. The summed E-state index contributed by atoms with van der Waals surface area (Å²) in [5, 5.41) is 0. The molecule has 0 heteroatoms. The molecule has 0 spiro atoms. The largest absolute Gasteiger partial charge is 0.0988 e. The third-order valence-electron chi connectivity index (χ3n) is 2.72. The SMILES string of the molecule is C=C/C(C)=C(\C)C(C)/C(C)=C/C. The Morgan fingerprint density at radius 1 is 1.25 bits per heavy atom. The second-order valence-corrected chi connectivity index (χ2v) is 3.32. The predicted molar refractivity (Wildman–Crippen MR) is 57.2 cm³/mol. The van der Waals surface area contributed by atoms with Crippen molar-refractivity contribution in [3.63, 3.8) is 0 Å². The normalized spacial score (nSPS) is 16.9. The zero-order valence-electron chi connectivity index (χ0n) is 8.94. The maximum atomic E-state index is 3.77. The zero-order valence-corrected chi connectivity index (χ0v) is 8.94. The molecule has 0 heterocycles. The van der Waals surface area contributed by atoms with Crippen LogP contribution in [0.2, 0.25) is 0 Å². The van der Waals surface area contributed by atoms with Gasteiger partial charge in [-0.25, -0.2) is 0 Å². The first-order valence-electron chi connectivity index (χ1n) is 4.47. The molecule has 0 nitrogen and oxygen atoms in total. The van der Waals surface area contributed by atoms with E-state index >= 15 is 0 Å². The fourth-order valence-corrected chi connectivity index (χ4v) is 1.09. The fourth-order valence-electron chi connectivity index (χ4n) is 1.09. The van der Waals surface area contributed by atoms with Crippen LogP contribution in [0.3, 0.4) is 0 Å². The van der Waals surface area contributed by atoms with E-state index in [1.807, 2.05) is 6.08 Å². The minimum absolute atomic E-state index is 0.549. The smallest absolute Gasteiger partial charge is 0.00214 e. The molecule has 0 amide bonds. The summed E-state index contributed by atoms with van der Waals surface area (Å²) < 4.78 is 0. The molecule has 0 aromatic heterocycles. The van der Waals surface area contributed by atoms with Gasteiger partial charge in [0.25, 0.3) is 0 Å². The molecule has 0 aromatic carbocycles. The van der Waals surface area contributed by atoms with Gasteiger partial charge in [0.2, 0.25) is 0 Å². The lowest BCUT2D eigenvalue weighted by atomic mass is 9.91. The second kappa shape index (κ2) is 4.97. The monoisotopic (exact) mass is 164 g/mol. The summed E-state index contributed by atoms with van der Waals surface area (Å²) in [5.74, 6) is 0.549. The molecule has 1 unspecified atom stereocenters. The lowest BCUT2D eigenvalue weighted by Crippen LogP contribution is -1.99. The van der Waals surface area contributed by atoms with E-state index in [9.17, 15) is 0 Å². The molecule has 0 aliphatic carbocycles. The molecule has 0 aromatic rings. The van der Waals surface area contributed by atoms with E-state index in [2.05, 4.69) is 47.3 Å². The van der Waals surface area contributed by atoms with Crippen molar-refractivity contribution in [1.82, 2.24) is 0 Å². The average molecular weight is 164 g/mol. The number of allylic oxidation sites excluding steroid dienone is 5. The lowest BCUT2D eigenvalue weighted by Gasteiger charge is -2.14. The van der Waals surface area contributed by atoms with Gasteiger partial charge in [0.15, 0.2) is 0 Å². The van der Waals surface area contributed by atoms with Crippen molar-refractivity contribution in [3.8, 4) is 0 Å². The summed E-state index contributed by atoms with van der Waals surface area (Å²) in [5.41, 5.74) is 4.14. The topological polar surface area (TPSA) is 0 Å². The Morgan fingerprint density at radius 2 is 1.75 bits per heavy atom. The van der Waals surface area contributed by atoms with Crippen LogP contribution in [0.1, 0.15) is 34.6 Å². The summed E-state index contributed by atoms with van der Waals surface area (Å²) in [6.45, 7) is 14.6. The molecule has 0 bridgehead atoms. The van der Waals surface area contributed by atoms with Crippen LogP contribution < -0.4 is 0 Å². The first-order valence-corrected chi connectivity index (χ1v) is 4.47. The highest BCUT2D eigenvalue weighted by molar-refractivity contribution is 5.27. The van der Waals surface area contributed by atoms with Gasteiger partial charge < -0.3 is 0 Å². The van der Waals surface area contributed by atoms with Crippen molar-refractivity contribution >= 4 is 0 Å². The molecule has 68 valence electrons. The van der Waals surface area contributed by atoms with E-state index in [0.717, 1.165) is 0 Å². The molecule has 12 heavy (non-hydrogen) atoms. The van der Waals surface area contributed by atoms with Crippen LogP contribution in [0.15, 0.2) is 35.5 Å². The molecule has 0 aliphatic rings. The maximum Gasteiger partial charge on any atom is -0.00214 e. The summed E-state index contributed by atoms with van der Waals surface area (Å²) >= 11 is 0. The quantitative estimate of drug-likeness (QED) is 0.435. The van der Waals surface area contributed by atoms with Crippen LogP contribution in [-0.2, 0) is 0 Å². The van der Waals surface area contributed by atoms with E-state index in [-0.39, 0.29) is 0 Å². The van der Waals surface area contributed by atoms with Gasteiger partial charge in [0, 0.05) is 0 Å². The Balaban J connectivity index is 4.71. The van der Waals surface area contributed by atoms with Crippen molar-refractivity contribution in [2.75, 3.05) is 0 Å². The molecule has 0 fully saturated rings. The number of hydrogen-bond donors (Lipinski definition) is 0. The Labute approximate surface area is 76.7 Å². The third kappa shape index (κ3) is 2.69. The van der Waals surface area contributed by atoms with E-state index in [1.165, 1.54) is 16.7 Å². The van der Waals surface area contributed by atoms with Crippen LogP contribution in [0.25, 0.3) is 0 Å². The van der Waals surface area contributed by atoms with Gasteiger partial charge in [-0.1, -0.05) is 42.4 Å². The molecule has 0 saturated carbocycles. The highest BCUT2D eigenvalue weighted by Gasteiger charge is 2.06. The molecule has 0 aliphatic heterocycles. The van der Waals surface area contributed by atoms with Crippen LogP contribution in [0.5, 0.6) is 0 Å². The maximum absolute atomic E-state index is 3.77. The Hall–Kier alpha value is -0.780. The first kappa shape index (κ1) is 11.2. The standard InChI is InChI=1S/C12H20/c1-7-9(3)11(5)12(6)10(4)8-2/h7-8,12H,1H2,2-6H3/b10-8+,11-9+. The molecule has 1 atom stereocenters. The van der Waals surface area contributed by atoms with Crippen molar-refractivity contribution in [3.05, 3.63) is 35.5 Å². The van der Waals surface area contributed by atoms with Gasteiger partial charge in [-0.05, 0) is 33.6 Å². The minimum atomic E-state index is 0.549. The minimum Gasteiger partial charge on any atom is -0.0988 e. The third-order valence-corrected chi connectivity index (χ3v) is 2.72. The van der Waals surface area contributed by atoms with Gasteiger partial charge in [-0.15, -0.1) is 0 Å². The Morgan fingerprint density at radius 3 is 2.08 bits per heavy atom. The van der Waals surface area contributed by atoms with Crippen molar-refractivity contribution in [2.24, 2.45) is 5.92 Å². The molecule has 0 rings (SSSR count). The fraction of sp³-hybridized carbons (Fsp3) is 0.500. The van der Waals surface area contributed by atoms with Crippen LogP contribution in [-0.4, -0.2) is 0 Å². The highest BCUT2D eigenvalue weighted by Crippen LogP contribution is 2.22. The van der Waals surface area contributed by atoms with Crippen LogP contribution in [0, 0.1) is 5.92 Å². The summed E-state index contributed by atoms with van der Waals surface area (Å²) in [4.78, 5) is 0. The summed E-state index contributed by atoms with van der Waals surface area (Å²) in [7, 11) is 0. The van der Waals surface area contributed by atoms with Crippen molar-refractivity contribution in [1.29, 1.82) is 0 Å². The summed E-state index contributed by atoms with van der Waals surface area (Å²) in [6, 6.07) is 0. The number of hydrogen-bond acceptors (Lipinski definition) is 0. The Bertz CT molecular complexity index is 216. The molecular weight excluding hydrogens is 144 g/mol. The molecule has 0 N–H and O–H groups in total. The van der Waals surface area contributed by atoms with Crippen molar-refractivity contribution < 1.29 is 0 Å². The van der Waals surface area contributed by atoms with Crippen LogP contribution in [0.4, 0.5) is 0 Å². The highest BCUT2D eigenvalue weighted by atomic mass is 14.1. The van der Waals surface area contributed by atoms with E-state index < -0.39 is 0 Å². The van der Waals surface area contributed by atoms with Gasteiger partial charge in [0.05, 0.1) is 0 Å². The van der Waals surface area contributed by atoms with E-state index in [1.54, 1.807) is 0 Å². The summed E-state index contributed by atoms with van der Waals surface area (Å²) in [6.07, 6.45) is 4.10. The second-order valence-electron chi connectivity index (χ2n) is 3.32. The average Bonchev–Trinajstić information content (AvgIpc) is 2.12. The molecular formula is C12H20. The first-order chi connectivity index (χ1) is 5.54. The van der Waals surface area contributed by atoms with Gasteiger partial charge >= 0.3 is 0 Å². The molecule has 0 radical (unpaired) electrons. The van der Waals surface area contributed by atoms with Gasteiger partial charge in [-0.3, -0.25) is 0 Å². The number of rotatable bonds is 3. The predicted octanol–water partition coefficient (Wildman–Crippen LogP) is 4.11. The molecule has 0 saturated heterocycles. The van der Waals surface area contributed by atoms with Crippen molar-refractivity contribution in [2.45, 2.75) is 34.6 Å². The van der Waals surface area contributed by atoms with E-state index in [0.29, 0.717) is 5.92 Å². The van der Waals surface area contributed by atoms with E-state index in [4.69, 9.17) is 0 Å². The lowest BCUT2D eigenvalue weighted by molar-refractivity contribution is 0.789. The van der Waals surface area contributed by atoms with Gasteiger partial charge in [0.1, 0.15) is 0 Å². The zero-order chi connectivity index (χ0) is 9.72. The van der Waals surface area contributed by atoms with Crippen LogP contribution >= 0.6 is 0 Å².